The van der Waals surface area contributed by atoms with Crippen molar-refractivity contribution in [3.63, 3.8) is 0 Å². The first-order valence-corrected chi connectivity index (χ1v) is 0. The number of rotatable bonds is 0. The van der Waals surface area contributed by atoms with E-state index in [1.807, 2.05) is 0 Å². The van der Waals surface area contributed by atoms with Gasteiger partial charge in [0.1, 0.15) is 0 Å². The van der Waals surface area contributed by atoms with Crippen LogP contribution in [0, 0.1) is 0 Å². The monoisotopic (exact) mass is 238 g/mol. The molecule has 0 saturated heterocycles. The second kappa shape index (κ2) is 40.6. The van der Waals surface area contributed by atoms with E-state index < -0.39 is 0 Å². The molecule has 0 rings (SSSR count). The Morgan fingerprint density at radius 3 is 0.714 bits per heavy atom. The second-order valence-electron chi connectivity index (χ2n) is 0. The Bertz CT molecular complexity index is 24.7. The number of hydrogen-bond donors (Lipinski definition) is 0. The molecule has 34 valence electrons. The van der Waals surface area contributed by atoms with E-state index in [1.165, 1.54) is 0 Å². The SMILES string of the molecule is Cl.Cl.Cl.[H-].[H-].[H-].[H-].[H-].[K+].[K+].[Mg+2].[Na+]. The Balaban J connectivity index is 0. The molecule has 0 unspecified atom stereocenters. The van der Waals surface area contributed by atoms with Crippen molar-refractivity contribution in [2.24, 2.45) is 0 Å². The summed E-state index contributed by atoms with van der Waals surface area (Å²) in [5.74, 6) is 0. The van der Waals surface area contributed by atoms with Crippen LogP contribution in [0.15, 0.2) is 0 Å². The summed E-state index contributed by atoms with van der Waals surface area (Å²) in [6, 6.07) is 0. The third-order valence-electron chi connectivity index (χ3n) is 0. The molecule has 7 heteroatoms. The van der Waals surface area contributed by atoms with E-state index in [0.29, 0.717) is 0 Å². The predicted octanol–water partition coefficient (Wildman–Crippen LogP) is -7.54. The Labute approximate surface area is 194 Å². The van der Waals surface area contributed by atoms with E-state index in [0.717, 1.165) is 0 Å². The normalized spacial score (nSPS) is 0. The Morgan fingerprint density at radius 2 is 0.714 bits per heavy atom. The smallest absolute Gasteiger partial charge is 1.00 e. The van der Waals surface area contributed by atoms with Gasteiger partial charge in [0, 0.05) is 0 Å². The molecule has 0 aliphatic carbocycles. The van der Waals surface area contributed by atoms with E-state index in [2.05, 4.69) is 0 Å². The van der Waals surface area contributed by atoms with Crippen LogP contribution in [0.2, 0.25) is 0 Å². The van der Waals surface area contributed by atoms with Gasteiger partial charge in [-0.15, -0.1) is 37.2 Å². The summed E-state index contributed by atoms with van der Waals surface area (Å²) in [5, 5.41) is 0. The van der Waals surface area contributed by atoms with E-state index in [9.17, 15) is 0 Å². The molecular weight excluding hydrogens is 232 g/mol. The van der Waals surface area contributed by atoms with Crippen molar-refractivity contribution < 1.29 is 139 Å². The van der Waals surface area contributed by atoms with Gasteiger partial charge >= 0.3 is 155 Å². The molecule has 0 saturated carbocycles. The zero-order valence-electron chi connectivity index (χ0n) is 9.93. The van der Waals surface area contributed by atoms with Crippen LogP contribution < -0.4 is 132 Å². The molecule has 0 bridgehead atoms. The maximum absolute atomic E-state index is 0. The van der Waals surface area contributed by atoms with Crippen LogP contribution in [0.25, 0.3) is 0 Å². The molecule has 0 heterocycles. The summed E-state index contributed by atoms with van der Waals surface area (Å²) >= 11 is 0. The molecule has 7 heavy (non-hydrogen) atoms. The van der Waals surface area contributed by atoms with Crippen molar-refractivity contribution in [2.75, 3.05) is 0 Å². The zero-order valence-corrected chi connectivity index (χ0v) is 17.0. The standard InChI is InChI=1S/3ClH.2K.Mg.Na.5H/h3*1H;;;;;;;;;/q;;;2*+1;+2;+1;5*-1. The fourth-order valence-electron chi connectivity index (χ4n) is 0. The molecule has 0 amide bonds. The van der Waals surface area contributed by atoms with Gasteiger partial charge in [-0.25, -0.2) is 0 Å². The van der Waals surface area contributed by atoms with Gasteiger partial charge < -0.3 is 7.13 Å². The number of halogens is 3. The van der Waals surface area contributed by atoms with Crippen molar-refractivity contribution >= 4 is 60.3 Å². The Kier molecular flexibility index (Phi) is 304. The molecule has 0 radical (unpaired) electrons. The molecule has 0 aliphatic heterocycles. The molecule has 0 nitrogen and oxygen atoms in total. The van der Waals surface area contributed by atoms with Gasteiger partial charge in [0.05, 0.1) is 0 Å². The van der Waals surface area contributed by atoms with Gasteiger partial charge in [0.25, 0.3) is 0 Å². The zero-order chi connectivity index (χ0) is 0. The van der Waals surface area contributed by atoms with E-state index in [1.54, 1.807) is 0 Å². The fourth-order valence-corrected chi connectivity index (χ4v) is 0. The summed E-state index contributed by atoms with van der Waals surface area (Å²) in [6.45, 7) is 0. The van der Waals surface area contributed by atoms with Crippen molar-refractivity contribution in [3.05, 3.63) is 0 Å². The maximum Gasteiger partial charge on any atom is 2.00 e. The van der Waals surface area contributed by atoms with Crippen LogP contribution in [0.3, 0.4) is 0 Å². The van der Waals surface area contributed by atoms with E-state index in [4.69, 9.17) is 0 Å². The largest absolute Gasteiger partial charge is 2.00 e. The molecule has 0 spiro atoms. The Morgan fingerprint density at radius 1 is 0.714 bits per heavy atom. The van der Waals surface area contributed by atoms with Crippen molar-refractivity contribution in [2.45, 2.75) is 0 Å². The predicted molar refractivity (Wildman–Crippen MR) is 33.1 cm³/mol. The van der Waals surface area contributed by atoms with E-state index >= 15 is 0 Å². The number of hydrogen-bond acceptors (Lipinski definition) is 0. The van der Waals surface area contributed by atoms with Crippen LogP contribution in [0.1, 0.15) is 7.13 Å². The quantitative estimate of drug-likeness (QED) is 0.369. The first kappa shape index (κ1) is 52.4. The van der Waals surface area contributed by atoms with Gasteiger partial charge in [0.2, 0.25) is 0 Å². The third kappa shape index (κ3) is 33.5. The fraction of sp³-hybridized carbons (Fsp3) is 0. The second-order valence-corrected chi connectivity index (χ2v) is 0. The average molecular weight is 240 g/mol. The summed E-state index contributed by atoms with van der Waals surface area (Å²) < 4.78 is 0. The minimum atomic E-state index is 0. The van der Waals surface area contributed by atoms with Crippen LogP contribution in [0.4, 0.5) is 0 Å². The third-order valence-corrected chi connectivity index (χ3v) is 0. The molecular formula is H8Cl3K2MgNa. The molecule has 0 aliphatic rings. The minimum absolute atomic E-state index is 0. The van der Waals surface area contributed by atoms with Gasteiger partial charge in [-0.3, -0.25) is 0 Å². The molecule has 0 atom stereocenters. The minimum Gasteiger partial charge on any atom is -1.00 e. The average Bonchev–Trinajstić information content (AvgIpc) is 0. The van der Waals surface area contributed by atoms with Crippen LogP contribution in [-0.2, 0) is 0 Å². The summed E-state index contributed by atoms with van der Waals surface area (Å²) in [4.78, 5) is 0. The summed E-state index contributed by atoms with van der Waals surface area (Å²) in [7, 11) is 0. The molecule has 0 aromatic heterocycles. The van der Waals surface area contributed by atoms with E-state index in [-0.39, 0.29) is 200 Å². The topological polar surface area (TPSA) is 0 Å². The summed E-state index contributed by atoms with van der Waals surface area (Å²) in [6.07, 6.45) is 0. The first-order valence-electron chi connectivity index (χ1n) is 0. The van der Waals surface area contributed by atoms with Gasteiger partial charge in [-0.2, -0.15) is 0 Å². The summed E-state index contributed by atoms with van der Waals surface area (Å²) in [5.41, 5.74) is 0. The van der Waals surface area contributed by atoms with Gasteiger partial charge in [-0.1, -0.05) is 0 Å². The van der Waals surface area contributed by atoms with Crippen molar-refractivity contribution in [1.29, 1.82) is 0 Å². The molecule has 0 aromatic carbocycles. The molecule has 0 fully saturated rings. The van der Waals surface area contributed by atoms with Crippen LogP contribution in [0.5, 0.6) is 0 Å². The Hall–Kier alpha value is 5.91. The molecule has 0 aromatic rings. The maximum atomic E-state index is 0. The van der Waals surface area contributed by atoms with Crippen molar-refractivity contribution in [3.8, 4) is 0 Å². The van der Waals surface area contributed by atoms with Gasteiger partial charge in [0.15, 0.2) is 0 Å². The van der Waals surface area contributed by atoms with Crippen molar-refractivity contribution in [1.82, 2.24) is 0 Å². The van der Waals surface area contributed by atoms with Gasteiger partial charge in [-0.05, 0) is 0 Å². The van der Waals surface area contributed by atoms with Crippen LogP contribution >= 0.6 is 37.2 Å². The molecule has 0 N–H and O–H groups in total. The first-order chi connectivity index (χ1) is 0. The van der Waals surface area contributed by atoms with Crippen LogP contribution in [-0.4, -0.2) is 23.1 Å².